The highest BCUT2D eigenvalue weighted by molar-refractivity contribution is 6.16. The molecule has 0 atom stereocenters. The lowest BCUT2D eigenvalue weighted by molar-refractivity contribution is 0.481. The van der Waals surface area contributed by atoms with E-state index in [0.717, 1.165) is 5.56 Å². The van der Waals surface area contributed by atoms with Crippen LogP contribution in [0.2, 0.25) is 0 Å². The van der Waals surface area contributed by atoms with E-state index in [4.69, 9.17) is 16.0 Å². The largest absolute Gasteiger partial charge is 0.429 e. The number of aromatic nitrogens is 5. The molecule has 6 nitrogen and oxygen atoms in total. The first-order valence-corrected chi connectivity index (χ1v) is 5.76. The van der Waals surface area contributed by atoms with Crippen LogP contribution in [0.3, 0.4) is 0 Å². The van der Waals surface area contributed by atoms with Crippen LogP contribution in [-0.2, 0) is 5.88 Å². The average molecular weight is 262 g/mol. The van der Waals surface area contributed by atoms with Crippen LogP contribution in [0.4, 0.5) is 0 Å². The molecule has 2 aromatic heterocycles. The van der Waals surface area contributed by atoms with Gasteiger partial charge < -0.3 is 4.42 Å². The van der Waals surface area contributed by atoms with Gasteiger partial charge in [-0.25, -0.2) is 0 Å². The predicted octanol–water partition coefficient (Wildman–Crippen LogP) is 2.06. The molecule has 0 bridgehead atoms. The first kappa shape index (κ1) is 10.9. The molecule has 18 heavy (non-hydrogen) atoms. The molecule has 7 heteroatoms. The van der Waals surface area contributed by atoms with Gasteiger partial charge in [0, 0.05) is 5.56 Å². The van der Waals surface area contributed by atoms with Gasteiger partial charge in [-0.15, -0.1) is 21.8 Å². The molecule has 0 N–H and O–H groups in total. The number of alkyl halides is 1. The number of rotatable bonds is 3. The van der Waals surface area contributed by atoms with E-state index in [-0.39, 0.29) is 11.9 Å². The Morgan fingerprint density at radius 1 is 1.22 bits per heavy atom. The van der Waals surface area contributed by atoms with Gasteiger partial charge in [0.25, 0.3) is 0 Å². The van der Waals surface area contributed by atoms with E-state index in [0.29, 0.717) is 11.5 Å². The maximum Gasteiger partial charge on any atom is 0.342 e. The molecule has 0 saturated carbocycles. The van der Waals surface area contributed by atoms with E-state index in [1.165, 1.54) is 11.1 Å². The summed E-state index contributed by atoms with van der Waals surface area (Å²) in [6, 6.07) is 9.80. The minimum atomic E-state index is 0.250. The number of nitrogens with zero attached hydrogens (tertiary/aromatic N) is 5. The Bertz CT molecular complexity index is 648. The average Bonchev–Trinajstić information content (AvgIpc) is 3.08. The zero-order chi connectivity index (χ0) is 12.4. The van der Waals surface area contributed by atoms with E-state index < -0.39 is 0 Å². The van der Waals surface area contributed by atoms with Crippen LogP contribution >= 0.6 is 11.6 Å². The molecule has 2 heterocycles. The summed E-state index contributed by atoms with van der Waals surface area (Å²) in [7, 11) is 0. The molecule has 0 saturated heterocycles. The van der Waals surface area contributed by atoms with E-state index in [9.17, 15) is 0 Å². The first-order valence-electron chi connectivity index (χ1n) is 5.23. The van der Waals surface area contributed by atoms with Gasteiger partial charge in [-0.3, -0.25) is 0 Å². The summed E-state index contributed by atoms with van der Waals surface area (Å²) in [5.41, 5.74) is 1.51. The van der Waals surface area contributed by atoms with E-state index in [1.807, 2.05) is 30.3 Å². The van der Waals surface area contributed by atoms with Crippen molar-refractivity contribution in [2.45, 2.75) is 5.88 Å². The quantitative estimate of drug-likeness (QED) is 0.675. The molecular formula is C11H8ClN5O. The topological polar surface area (TPSA) is 69.6 Å². The van der Waals surface area contributed by atoms with Gasteiger partial charge in [-0.2, -0.15) is 4.98 Å². The number of benzene rings is 1. The monoisotopic (exact) mass is 261 g/mol. The van der Waals surface area contributed by atoms with Gasteiger partial charge in [-0.1, -0.05) is 35.1 Å². The smallest absolute Gasteiger partial charge is 0.342 e. The van der Waals surface area contributed by atoms with Crippen LogP contribution in [-0.4, -0.2) is 25.2 Å². The lowest BCUT2D eigenvalue weighted by atomic mass is 10.2. The zero-order valence-corrected chi connectivity index (χ0v) is 9.95. The van der Waals surface area contributed by atoms with Gasteiger partial charge in [0.2, 0.25) is 5.82 Å². The van der Waals surface area contributed by atoms with Crippen molar-refractivity contribution >= 4 is 11.6 Å². The number of tetrazole rings is 1. The van der Waals surface area contributed by atoms with Crippen LogP contribution < -0.4 is 0 Å². The van der Waals surface area contributed by atoms with Crippen molar-refractivity contribution in [3.63, 3.8) is 0 Å². The minimum absolute atomic E-state index is 0.250. The number of hydrogen-bond acceptors (Lipinski definition) is 5. The lowest BCUT2D eigenvalue weighted by Crippen LogP contribution is -1.99. The molecule has 0 amide bonds. The molecule has 0 radical (unpaired) electrons. The van der Waals surface area contributed by atoms with Crippen molar-refractivity contribution in [1.82, 2.24) is 25.2 Å². The molecular weight excluding hydrogens is 254 g/mol. The molecule has 3 aromatic rings. The van der Waals surface area contributed by atoms with Gasteiger partial charge in [0.15, 0.2) is 0 Å². The molecule has 90 valence electrons. The minimum Gasteiger partial charge on any atom is -0.429 e. The highest BCUT2D eigenvalue weighted by Gasteiger charge is 2.11. The molecule has 1 aromatic carbocycles. The van der Waals surface area contributed by atoms with Crippen molar-refractivity contribution in [2.75, 3.05) is 0 Å². The van der Waals surface area contributed by atoms with Crippen molar-refractivity contribution in [2.24, 2.45) is 0 Å². The van der Waals surface area contributed by atoms with Gasteiger partial charge in [0.1, 0.15) is 6.26 Å². The second-order valence-electron chi connectivity index (χ2n) is 3.52. The second kappa shape index (κ2) is 4.58. The second-order valence-corrected chi connectivity index (χ2v) is 3.79. The normalized spacial score (nSPS) is 10.7. The Labute approximate surface area is 107 Å². The van der Waals surface area contributed by atoms with Gasteiger partial charge in [-0.05, 0) is 5.21 Å². The van der Waals surface area contributed by atoms with Crippen LogP contribution in [0.15, 0.2) is 41.0 Å². The van der Waals surface area contributed by atoms with Crippen LogP contribution in [0.25, 0.3) is 17.4 Å². The van der Waals surface area contributed by atoms with Crippen molar-refractivity contribution in [3.05, 3.63) is 42.3 Å². The van der Waals surface area contributed by atoms with E-state index in [2.05, 4.69) is 20.4 Å². The van der Waals surface area contributed by atoms with E-state index in [1.54, 1.807) is 0 Å². The molecule has 0 spiro atoms. The fraction of sp³-hybridized carbons (Fsp3) is 0.0909. The molecule has 3 rings (SSSR count). The Morgan fingerprint density at radius 3 is 2.78 bits per heavy atom. The highest BCUT2D eigenvalue weighted by Crippen LogP contribution is 2.14. The summed E-state index contributed by atoms with van der Waals surface area (Å²) in [6.07, 6.45) is 1.47. The predicted molar refractivity (Wildman–Crippen MR) is 64.2 cm³/mol. The third kappa shape index (κ3) is 1.98. The molecule has 0 aliphatic heterocycles. The number of hydrogen-bond donors (Lipinski definition) is 0. The van der Waals surface area contributed by atoms with Crippen molar-refractivity contribution in [1.29, 1.82) is 0 Å². The number of oxazole rings is 1. The molecule has 0 fully saturated rings. The highest BCUT2D eigenvalue weighted by atomic mass is 35.5. The third-order valence-electron chi connectivity index (χ3n) is 2.29. The Hall–Kier alpha value is -2.21. The summed E-state index contributed by atoms with van der Waals surface area (Å²) < 4.78 is 5.19. The summed E-state index contributed by atoms with van der Waals surface area (Å²) in [5.74, 6) is 0.797. The maximum atomic E-state index is 5.64. The Kier molecular flexibility index (Phi) is 2.77. The molecule has 0 aliphatic rings. The lowest BCUT2D eigenvalue weighted by Gasteiger charge is -1.91. The third-order valence-corrected chi connectivity index (χ3v) is 2.57. The van der Waals surface area contributed by atoms with Crippen LogP contribution in [0, 0.1) is 0 Å². The van der Waals surface area contributed by atoms with Crippen LogP contribution in [0.1, 0.15) is 5.69 Å². The summed E-state index contributed by atoms with van der Waals surface area (Å²) >= 11 is 5.64. The summed E-state index contributed by atoms with van der Waals surface area (Å²) in [4.78, 5) is 5.34. The van der Waals surface area contributed by atoms with Crippen LogP contribution in [0.5, 0.6) is 0 Å². The molecule has 0 aliphatic carbocycles. The zero-order valence-electron chi connectivity index (χ0n) is 9.19. The fourth-order valence-electron chi connectivity index (χ4n) is 1.45. The Morgan fingerprint density at radius 2 is 2.06 bits per heavy atom. The Balaban J connectivity index is 1.94. The van der Waals surface area contributed by atoms with Crippen molar-refractivity contribution in [3.8, 4) is 17.4 Å². The fourth-order valence-corrected chi connectivity index (χ4v) is 1.57. The summed E-state index contributed by atoms with van der Waals surface area (Å²) in [5, 5.41) is 12.0. The number of halogens is 1. The van der Waals surface area contributed by atoms with E-state index >= 15 is 0 Å². The first-order chi connectivity index (χ1) is 8.86. The standard InChI is InChI=1S/C11H8ClN5O/c12-6-9-7-18-11(13-9)17-15-10(14-16-17)8-4-2-1-3-5-8/h1-5,7H,6H2. The van der Waals surface area contributed by atoms with Crippen molar-refractivity contribution < 1.29 is 4.42 Å². The van der Waals surface area contributed by atoms with Gasteiger partial charge >= 0.3 is 6.01 Å². The molecule has 0 unspecified atom stereocenters. The SMILES string of the molecule is ClCc1coc(-n2nnc(-c3ccccc3)n2)n1. The van der Waals surface area contributed by atoms with Gasteiger partial charge in [0.05, 0.1) is 11.6 Å². The summed E-state index contributed by atoms with van der Waals surface area (Å²) in [6.45, 7) is 0. The maximum absolute atomic E-state index is 5.64.